The monoisotopic (exact) mass is 243 g/mol. The lowest BCUT2D eigenvalue weighted by Crippen LogP contribution is -2.39. The number of hydrogen-bond donors (Lipinski definition) is 3. The number of rotatable bonds is 6. The Morgan fingerprint density at radius 2 is 1.94 bits per heavy atom. The highest BCUT2D eigenvalue weighted by Crippen LogP contribution is 2.41. The van der Waals surface area contributed by atoms with E-state index in [2.05, 4.69) is 5.32 Å². The molecule has 1 unspecified atom stereocenters. The first-order valence-corrected chi connectivity index (χ1v) is 6.14. The van der Waals surface area contributed by atoms with Gasteiger partial charge in [0.1, 0.15) is 0 Å². The number of aliphatic hydroxyl groups excluding tert-OH is 1. The standard InChI is InChI=1S/C12H21NO4/c1-9(4-7-14)13-10(15)8-12(11(16)17)5-2-3-6-12/h9,14H,2-8H2,1H3,(H,13,15)(H,16,17). The normalized spacial score (nSPS) is 19.9. The van der Waals surface area contributed by atoms with Crippen LogP contribution >= 0.6 is 0 Å². The van der Waals surface area contributed by atoms with Crippen molar-refractivity contribution in [3.63, 3.8) is 0 Å². The molecule has 98 valence electrons. The third kappa shape index (κ3) is 3.70. The Morgan fingerprint density at radius 3 is 2.41 bits per heavy atom. The van der Waals surface area contributed by atoms with Gasteiger partial charge in [0, 0.05) is 19.1 Å². The summed E-state index contributed by atoms with van der Waals surface area (Å²) in [6.45, 7) is 1.82. The summed E-state index contributed by atoms with van der Waals surface area (Å²) >= 11 is 0. The molecule has 5 nitrogen and oxygen atoms in total. The largest absolute Gasteiger partial charge is 0.481 e. The third-order valence-corrected chi connectivity index (χ3v) is 3.48. The van der Waals surface area contributed by atoms with Gasteiger partial charge in [0.05, 0.1) is 5.41 Å². The topological polar surface area (TPSA) is 86.6 Å². The van der Waals surface area contributed by atoms with E-state index in [1.54, 1.807) is 6.92 Å². The van der Waals surface area contributed by atoms with Gasteiger partial charge in [0.2, 0.25) is 5.91 Å². The lowest BCUT2D eigenvalue weighted by molar-refractivity contribution is -0.151. The smallest absolute Gasteiger partial charge is 0.310 e. The average molecular weight is 243 g/mol. The Bertz CT molecular complexity index is 284. The quantitative estimate of drug-likeness (QED) is 0.647. The Balaban J connectivity index is 2.51. The van der Waals surface area contributed by atoms with Crippen LogP contribution in [-0.4, -0.2) is 34.7 Å². The number of amides is 1. The van der Waals surface area contributed by atoms with E-state index in [0.717, 1.165) is 12.8 Å². The molecular formula is C12H21NO4. The molecule has 0 aromatic carbocycles. The van der Waals surface area contributed by atoms with E-state index in [9.17, 15) is 14.7 Å². The predicted octanol–water partition coefficient (Wildman–Crippen LogP) is 0.909. The lowest BCUT2D eigenvalue weighted by atomic mass is 9.82. The number of aliphatic hydroxyl groups is 1. The van der Waals surface area contributed by atoms with E-state index in [0.29, 0.717) is 19.3 Å². The molecule has 0 aliphatic heterocycles. The maximum atomic E-state index is 11.7. The average Bonchev–Trinajstić information content (AvgIpc) is 2.67. The number of carbonyl (C=O) groups is 2. The van der Waals surface area contributed by atoms with Crippen LogP contribution in [-0.2, 0) is 9.59 Å². The Morgan fingerprint density at radius 1 is 1.35 bits per heavy atom. The van der Waals surface area contributed by atoms with Gasteiger partial charge in [-0.15, -0.1) is 0 Å². The molecule has 1 fully saturated rings. The second-order valence-electron chi connectivity index (χ2n) is 4.95. The zero-order valence-corrected chi connectivity index (χ0v) is 10.2. The minimum Gasteiger partial charge on any atom is -0.481 e. The van der Waals surface area contributed by atoms with E-state index in [1.165, 1.54) is 0 Å². The second kappa shape index (κ2) is 6.00. The Kier molecular flexibility index (Phi) is 4.93. The van der Waals surface area contributed by atoms with Crippen LogP contribution in [0.15, 0.2) is 0 Å². The van der Waals surface area contributed by atoms with Crippen LogP contribution in [0.4, 0.5) is 0 Å². The first kappa shape index (κ1) is 14.0. The fraction of sp³-hybridized carbons (Fsp3) is 0.833. The molecule has 0 aromatic rings. The highest BCUT2D eigenvalue weighted by molar-refractivity contribution is 5.85. The summed E-state index contributed by atoms with van der Waals surface area (Å²) < 4.78 is 0. The number of carboxylic acid groups (broad SMARTS) is 1. The van der Waals surface area contributed by atoms with Crippen molar-refractivity contribution in [1.82, 2.24) is 5.32 Å². The second-order valence-corrected chi connectivity index (χ2v) is 4.95. The molecule has 0 spiro atoms. The molecule has 1 rings (SSSR count). The van der Waals surface area contributed by atoms with Gasteiger partial charge in [-0.1, -0.05) is 12.8 Å². The summed E-state index contributed by atoms with van der Waals surface area (Å²) in [6.07, 6.45) is 3.48. The molecule has 1 aliphatic rings. The minimum atomic E-state index is -0.861. The molecule has 1 saturated carbocycles. The first-order chi connectivity index (χ1) is 8.00. The summed E-state index contributed by atoms with van der Waals surface area (Å²) in [4.78, 5) is 23.0. The molecule has 3 N–H and O–H groups in total. The molecule has 5 heteroatoms. The molecule has 17 heavy (non-hydrogen) atoms. The van der Waals surface area contributed by atoms with E-state index >= 15 is 0 Å². The van der Waals surface area contributed by atoms with Gasteiger partial charge in [-0.25, -0.2) is 0 Å². The molecule has 0 radical (unpaired) electrons. The van der Waals surface area contributed by atoms with Crippen molar-refractivity contribution in [3.05, 3.63) is 0 Å². The first-order valence-electron chi connectivity index (χ1n) is 6.14. The highest BCUT2D eigenvalue weighted by Gasteiger charge is 2.42. The van der Waals surface area contributed by atoms with Crippen LogP contribution in [0.5, 0.6) is 0 Å². The van der Waals surface area contributed by atoms with Gasteiger partial charge >= 0.3 is 5.97 Å². The van der Waals surface area contributed by atoms with E-state index in [4.69, 9.17) is 5.11 Å². The van der Waals surface area contributed by atoms with Gasteiger partial charge < -0.3 is 15.5 Å². The van der Waals surface area contributed by atoms with E-state index in [-0.39, 0.29) is 25.0 Å². The van der Waals surface area contributed by atoms with Crippen LogP contribution in [0.25, 0.3) is 0 Å². The SMILES string of the molecule is CC(CCO)NC(=O)CC1(C(=O)O)CCCC1. The summed E-state index contributed by atoms with van der Waals surface area (Å²) in [7, 11) is 0. The van der Waals surface area contributed by atoms with Crippen molar-refractivity contribution in [2.24, 2.45) is 5.41 Å². The van der Waals surface area contributed by atoms with Crippen molar-refractivity contribution < 1.29 is 19.8 Å². The summed E-state index contributed by atoms with van der Waals surface area (Å²) in [5.41, 5.74) is -0.858. The number of nitrogens with one attached hydrogen (secondary N) is 1. The molecular weight excluding hydrogens is 222 g/mol. The summed E-state index contributed by atoms with van der Waals surface area (Å²) in [6, 6.07) is -0.111. The summed E-state index contributed by atoms with van der Waals surface area (Å²) in [5.74, 6) is -1.09. The van der Waals surface area contributed by atoms with Crippen LogP contribution in [0.2, 0.25) is 0 Å². The predicted molar refractivity (Wildman–Crippen MR) is 62.5 cm³/mol. The number of carboxylic acids is 1. The van der Waals surface area contributed by atoms with Gasteiger partial charge in [-0.3, -0.25) is 9.59 Å². The number of hydrogen-bond acceptors (Lipinski definition) is 3. The minimum absolute atomic E-state index is 0.0194. The third-order valence-electron chi connectivity index (χ3n) is 3.48. The van der Waals surface area contributed by atoms with E-state index in [1.807, 2.05) is 0 Å². The fourth-order valence-corrected chi connectivity index (χ4v) is 2.42. The number of carbonyl (C=O) groups excluding carboxylic acids is 1. The van der Waals surface area contributed by atoms with Crippen molar-refractivity contribution in [2.75, 3.05) is 6.61 Å². The van der Waals surface area contributed by atoms with Gasteiger partial charge in [-0.05, 0) is 26.2 Å². The summed E-state index contributed by atoms with van der Waals surface area (Å²) in [5, 5.41) is 20.7. The van der Waals surface area contributed by atoms with Crippen molar-refractivity contribution in [2.45, 2.75) is 51.5 Å². The Labute approximate surface area is 101 Å². The van der Waals surface area contributed by atoms with Crippen molar-refractivity contribution in [1.29, 1.82) is 0 Å². The highest BCUT2D eigenvalue weighted by atomic mass is 16.4. The van der Waals surface area contributed by atoms with Gasteiger partial charge in [-0.2, -0.15) is 0 Å². The zero-order valence-electron chi connectivity index (χ0n) is 10.2. The maximum absolute atomic E-state index is 11.7. The fourth-order valence-electron chi connectivity index (χ4n) is 2.42. The number of aliphatic carboxylic acids is 1. The maximum Gasteiger partial charge on any atom is 0.310 e. The Hall–Kier alpha value is -1.10. The van der Waals surface area contributed by atoms with Gasteiger partial charge in [0.15, 0.2) is 0 Å². The molecule has 0 aromatic heterocycles. The van der Waals surface area contributed by atoms with Gasteiger partial charge in [0.25, 0.3) is 0 Å². The molecule has 1 aliphatic carbocycles. The lowest BCUT2D eigenvalue weighted by Gasteiger charge is -2.24. The zero-order chi connectivity index (χ0) is 12.9. The van der Waals surface area contributed by atoms with Crippen LogP contribution < -0.4 is 5.32 Å². The van der Waals surface area contributed by atoms with Crippen LogP contribution in [0, 0.1) is 5.41 Å². The van der Waals surface area contributed by atoms with Crippen LogP contribution in [0.1, 0.15) is 45.4 Å². The molecule has 0 saturated heterocycles. The van der Waals surface area contributed by atoms with Crippen molar-refractivity contribution in [3.8, 4) is 0 Å². The van der Waals surface area contributed by atoms with Crippen LogP contribution in [0.3, 0.4) is 0 Å². The molecule has 1 atom stereocenters. The molecule has 0 heterocycles. The van der Waals surface area contributed by atoms with E-state index < -0.39 is 11.4 Å². The molecule has 0 bridgehead atoms. The van der Waals surface area contributed by atoms with Crippen molar-refractivity contribution >= 4 is 11.9 Å². The molecule has 1 amide bonds.